The van der Waals surface area contributed by atoms with E-state index in [1.54, 1.807) is 7.11 Å². The smallest absolute Gasteiger partial charge is 0.224 e. The molecule has 2 fully saturated rings. The van der Waals surface area contributed by atoms with Crippen LogP contribution in [-0.4, -0.2) is 36.2 Å². The van der Waals surface area contributed by atoms with Gasteiger partial charge in [0.05, 0.1) is 19.6 Å². The van der Waals surface area contributed by atoms with Crippen LogP contribution in [0.15, 0.2) is 54.6 Å². The Morgan fingerprint density at radius 1 is 1.08 bits per heavy atom. The van der Waals surface area contributed by atoms with Crippen LogP contribution in [0.5, 0.6) is 5.75 Å². The first-order chi connectivity index (χ1) is 17.7. The molecule has 4 rings (SSSR count). The number of para-hydroxylation sites is 1. The van der Waals surface area contributed by atoms with E-state index >= 15 is 0 Å². The predicted octanol–water partition coefficient (Wildman–Crippen LogP) is 4.50. The van der Waals surface area contributed by atoms with E-state index in [0.29, 0.717) is 13.0 Å². The van der Waals surface area contributed by atoms with E-state index in [4.69, 9.17) is 4.74 Å². The van der Waals surface area contributed by atoms with Gasteiger partial charge in [-0.1, -0.05) is 69.3 Å². The van der Waals surface area contributed by atoms with Gasteiger partial charge in [-0.15, -0.1) is 0 Å². The monoisotopic (exact) mass is 506 g/mol. The molecule has 2 aliphatic carbocycles. The van der Waals surface area contributed by atoms with Gasteiger partial charge in [-0.2, -0.15) is 0 Å². The average Bonchev–Trinajstić information content (AvgIpc) is 2.89. The molecule has 2 aliphatic rings. The second-order valence-corrected chi connectivity index (χ2v) is 11.4. The number of ether oxygens (including phenoxy) is 1. The second kappa shape index (κ2) is 11.7. The van der Waals surface area contributed by atoms with Crippen LogP contribution in [0.1, 0.15) is 57.6 Å². The Labute approximate surface area is 221 Å². The third-order valence-corrected chi connectivity index (χ3v) is 9.14. The Morgan fingerprint density at radius 2 is 1.76 bits per heavy atom. The lowest BCUT2D eigenvalue weighted by atomic mass is 9.51. The molecule has 7 atom stereocenters. The van der Waals surface area contributed by atoms with Crippen LogP contribution in [0.3, 0.4) is 0 Å². The van der Waals surface area contributed by atoms with Gasteiger partial charge in [0.2, 0.25) is 11.8 Å². The minimum Gasteiger partial charge on any atom is -0.496 e. The number of hydrogen-bond acceptors (Lipinski definition) is 4. The van der Waals surface area contributed by atoms with Crippen LogP contribution in [0, 0.1) is 29.1 Å². The van der Waals surface area contributed by atoms with Crippen LogP contribution < -0.4 is 15.4 Å². The number of fused-ring (bicyclic) bond motifs is 1. The van der Waals surface area contributed by atoms with Crippen molar-refractivity contribution in [1.82, 2.24) is 10.6 Å². The van der Waals surface area contributed by atoms with Crippen molar-refractivity contribution in [2.75, 3.05) is 7.11 Å². The molecule has 3 N–H and O–H groups in total. The zero-order chi connectivity index (χ0) is 26.6. The molecule has 2 aromatic carbocycles. The maximum Gasteiger partial charge on any atom is 0.224 e. The third kappa shape index (κ3) is 6.01. The number of benzene rings is 2. The van der Waals surface area contributed by atoms with E-state index in [1.807, 2.05) is 61.5 Å². The van der Waals surface area contributed by atoms with Crippen molar-refractivity contribution in [3.63, 3.8) is 0 Å². The summed E-state index contributed by atoms with van der Waals surface area (Å²) in [7, 11) is 1.63. The quantitative estimate of drug-likeness (QED) is 0.492. The Morgan fingerprint density at radius 3 is 2.49 bits per heavy atom. The van der Waals surface area contributed by atoms with Crippen LogP contribution in [0.25, 0.3) is 0 Å². The fraction of sp³-hybridized carbons (Fsp3) is 0.548. The highest BCUT2D eigenvalue weighted by Crippen LogP contribution is 2.55. The molecule has 0 heterocycles. The molecule has 0 spiro atoms. The van der Waals surface area contributed by atoms with Gasteiger partial charge in [0.15, 0.2) is 0 Å². The fourth-order valence-electron chi connectivity index (χ4n) is 6.92. The van der Waals surface area contributed by atoms with Crippen LogP contribution in [0.2, 0.25) is 0 Å². The number of nitrogens with one attached hydrogen (secondary N) is 2. The Bertz CT molecular complexity index is 1070. The van der Waals surface area contributed by atoms with Gasteiger partial charge in [-0.3, -0.25) is 9.59 Å². The number of hydrogen-bond donors (Lipinski definition) is 3. The highest BCUT2D eigenvalue weighted by molar-refractivity contribution is 5.79. The summed E-state index contributed by atoms with van der Waals surface area (Å²) in [6, 6.07) is 17.5. The number of rotatable bonds is 8. The number of aliphatic hydroxyl groups excluding tert-OH is 1. The lowest BCUT2D eigenvalue weighted by Gasteiger charge is -2.56. The summed E-state index contributed by atoms with van der Waals surface area (Å²) in [4.78, 5) is 26.0. The molecule has 37 heavy (non-hydrogen) atoms. The van der Waals surface area contributed by atoms with E-state index < -0.39 is 6.10 Å². The van der Waals surface area contributed by atoms with Crippen molar-refractivity contribution >= 4 is 11.8 Å². The first kappa shape index (κ1) is 27.2. The first-order valence-electron chi connectivity index (χ1n) is 13.6. The predicted molar refractivity (Wildman–Crippen MR) is 145 cm³/mol. The summed E-state index contributed by atoms with van der Waals surface area (Å²) >= 11 is 0. The lowest BCUT2D eigenvalue weighted by molar-refractivity contribution is -0.143. The van der Waals surface area contributed by atoms with E-state index in [2.05, 4.69) is 24.5 Å². The summed E-state index contributed by atoms with van der Waals surface area (Å²) in [6.45, 7) is 6.76. The molecule has 0 unspecified atom stereocenters. The van der Waals surface area contributed by atoms with E-state index in [1.165, 1.54) is 0 Å². The SMILES string of the molecule is COc1ccccc1CNC(=O)[C@@H](C)[C@H]1CC[C@@]2(C)CC[C@H](NC(=O)Cc3ccccc3)[C@@H](C)[C@@H]2[C@H]1O. The molecule has 6 heteroatoms. The summed E-state index contributed by atoms with van der Waals surface area (Å²) in [5, 5.41) is 18.0. The van der Waals surface area contributed by atoms with Gasteiger partial charge < -0.3 is 20.5 Å². The van der Waals surface area contributed by atoms with Gasteiger partial charge in [0.1, 0.15) is 5.75 Å². The van der Waals surface area contributed by atoms with Crippen LogP contribution in [0.4, 0.5) is 0 Å². The van der Waals surface area contributed by atoms with Crippen LogP contribution >= 0.6 is 0 Å². The maximum absolute atomic E-state index is 13.1. The highest BCUT2D eigenvalue weighted by Gasteiger charge is 2.53. The summed E-state index contributed by atoms with van der Waals surface area (Å²) in [5.74, 6) is 0.464. The van der Waals surface area contributed by atoms with Gasteiger partial charge in [-0.25, -0.2) is 0 Å². The van der Waals surface area contributed by atoms with Gasteiger partial charge in [0.25, 0.3) is 0 Å². The van der Waals surface area contributed by atoms with Crippen molar-refractivity contribution in [3.8, 4) is 5.75 Å². The number of amides is 2. The summed E-state index contributed by atoms with van der Waals surface area (Å²) in [6.07, 6.45) is 3.47. The standard InChI is InChI=1S/C31H42N2O4/c1-20(30(36)32-19-23-12-8-9-13-26(23)37-4)24-14-16-31(3)17-15-25(21(2)28(31)29(24)35)33-27(34)18-22-10-6-5-7-11-22/h5-13,20-21,24-25,28-29,35H,14-19H2,1-4H3,(H,32,36)(H,33,34)/t20-,21+,24+,25-,28+,29-,31-/m0/s1. The van der Waals surface area contributed by atoms with Crippen molar-refractivity contribution in [2.24, 2.45) is 29.1 Å². The van der Waals surface area contributed by atoms with Gasteiger partial charge in [0, 0.05) is 24.1 Å². The molecule has 0 radical (unpaired) electrons. The van der Waals surface area contributed by atoms with Crippen molar-refractivity contribution in [2.45, 2.75) is 71.6 Å². The van der Waals surface area contributed by atoms with Crippen molar-refractivity contribution < 1.29 is 19.4 Å². The van der Waals surface area contributed by atoms with Crippen molar-refractivity contribution in [3.05, 3.63) is 65.7 Å². The van der Waals surface area contributed by atoms with Gasteiger partial charge in [-0.05, 0) is 60.5 Å². The molecule has 0 bridgehead atoms. The molecule has 0 saturated heterocycles. The molecular weight excluding hydrogens is 464 g/mol. The molecule has 0 aliphatic heterocycles. The maximum atomic E-state index is 13.1. The molecular formula is C31H42N2O4. The van der Waals surface area contributed by atoms with E-state index in [-0.39, 0.29) is 46.9 Å². The average molecular weight is 507 g/mol. The molecule has 6 nitrogen and oxygen atoms in total. The number of methoxy groups -OCH3 is 1. The molecule has 2 amide bonds. The van der Waals surface area contributed by atoms with Gasteiger partial charge >= 0.3 is 0 Å². The normalized spacial score (nSPS) is 30.0. The Balaban J connectivity index is 1.39. The van der Waals surface area contributed by atoms with E-state index in [9.17, 15) is 14.7 Å². The number of aliphatic hydroxyl groups is 1. The molecule has 2 aromatic rings. The number of carbonyl (C=O) groups excluding carboxylic acids is 2. The Hall–Kier alpha value is -2.86. The van der Waals surface area contributed by atoms with Crippen LogP contribution in [-0.2, 0) is 22.6 Å². The fourth-order valence-corrected chi connectivity index (χ4v) is 6.92. The summed E-state index contributed by atoms with van der Waals surface area (Å²) < 4.78 is 5.40. The topological polar surface area (TPSA) is 87.7 Å². The Kier molecular flexibility index (Phi) is 8.58. The molecule has 2 saturated carbocycles. The molecule has 200 valence electrons. The zero-order valence-electron chi connectivity index (χ0n) is 22.6. The highest BCUT2D eigenvalue weighted by atomic mass is 16.5. The van der Waals surface area contributed by atoms with Crippen molar-refractivity contribution in [1.29, 1.82) is 0 Å². The summed E-state index contributed by atoms with van der Waals surface area (Å²) in [5.41, 5.74) is 1.94. The largest absolute Gasteiger partial charge is 0.496 e. The minimum absolute atomic E-state index is 0.0175. The number of carbonyl (C=O) groups is 2. The molecule has 0 aromatic heterocycles. The third-order valence-electron chi connectivity index (χ3n) is 9.14. The zero-order valence-corrected chi connectivity index (χ0v) is 22.6. The lowest BCUT2D eigenvalue weighted by Crippen LogP contribution is -2.58. The first-order valence-corrected chi connectivity index (χ1v) is 13.6. The minimum atomic E-state index is -0.588. The van der Waals surface area contributed by atoms with E-state index in [0.717, 1.165) is 42.6 Å². The second-order valence-electron chi connectivity index (χ2n) is 11.4.